The summed E-state index contributed by atoms with van der Waals surface area (Å²) in [5.41, 5.74) is 4.96. The highest BCUT2D eigenvalue weighted by atomic mass is 127. The maximum Gasteiger partial charge on any atom is 0.0809 e. The van der Waals surface area contributed by atoms with E-state index in [-0.39, 0.29) is 7.66 Å². The van der Waals surface area contributed by atoms with Gasteiger partial charge in [-0.15, -0.1) is 0 Å². The number of ether oxygens (including phenoxy) is 2. The van der Waals surface area contributed by atoms with Gasteiger partial charge in [0.2, 0.25) is 0 Å². The standard InChI is InChI=1S/C21H27IN2O2S/c1-5-16-13-17(24(9-11-25-3)10-12-26-4)14-19-21(16)23-20-15(2)7-6-8-18(20)27(19)22/h6-8,13-14H,5,9-12H2,1-4H3. The Morgan fingerprint density at radius 1 is 1.11 bits per heavy atom. The first kappa shape index (κ1) is 20.8. The highest BCUT2D eigenvalue weighted by molar-refractivity contribution is 14.2. The average molecular weight is 498 g/mol. The zero-order valence-corrected chi connectivity index (χ0v) is 19.4. The number of hydrogen-bond acceptors (Lipinski definition) is 4. The fraction of sp³-hybridized carbons (Fsp3) is 0.429. The van der Waals surface area contributed by atoms with Gasteiger partial charge in [0.15, 0.2) is 0 Å². The molecule has 2 aromatic carbocycles. The SMILES string of the molecule is CCc1cc(N(CCOC)CCOC)cc2c1N=c1c(C)cccc1=S2I. The van der Waals surface area contributed by atoms with Crippen molar-refractivity contribution in [1.82, 2.24) is 0 Å². The third-order valence-electron chi connectivity index (χ3n) is 4.83. The predicted molar refractivity (Wildman–Crippen MR) is 122 cm³/mol. The number of nitrogens with zero attached hydrogens (tertiary/aromatic N) is 2. The summed E-state index contributed by atoms with van der Waals surface area (Å²) in [6.07, 6.45) is 0.969. The number of methoxy groups -OCH3 is 2. The van der Waals surface area contributed by atoms with Crippen LogP contribution in [0.25, 0.3) is 0 Å². The first-order chi connectivity index (χ1) is 13.1. The Balaban J connectivity index is 2.15. The van der Waals surface area contributed by atoms with Crippen LogP contribution in [0.1, 0.15) is 18.1 Å². The number of fused-ring (bicyclic) bond motifs is 2. The van der Waals surface area contributed by atoms with Crippen molar-refractivity contribution in [2.24, 2.45) is 4.99 Å². The Kier molecular flexibility index (Phi) is 7.30. The number of aryl methyl sites for hydroxylation is 2. The van der Waals surface area contributed by atoms with Crippen LogP contribution in [0.4, 0.5) is 11.4 Å². The van der Waals surface area contributed by atoms with E-state index in [1.54, 1.807) is 14.2 Å². The second kappa shape index (κ2) is 9.49. The van der Waals surface area contributed by atoms with Gasteiger partial charge in [-0.25, -0.2) is 4.99 Å². The fourth-order valence-corrected chi connectivity index (χ4v) is 6.74. The van der Waals surface area contributed by atoms with Gasteiger partial charge in [0.1, 0.15) is 0 Å². The molecule has 1 unspecified atom stereocenters. The molecule has 1 heterocycles. The zero-order chi connectivity index (χ0) is 19.4. The molecule has 146 valence electrons. The topological polar surface area (TPSA) is 34.1 Å². The summed E-state index contributed by atoms with van der Waals surface area (Å²) >= 11 is 2.59. The lowest BCUT2D eigenvalue weighted by Gasteiger charge is -2.27. The number of rotatable bonds is 8. The van der Waals surface area contributed by atoms with Gasteiger partial charge in [-0.1, -0.05) is 26.7 Å². The van der Waals surface area contributed by atoms with Crippen molar-refractivity contribution in [2.75, 3.05) is 45.4 Å². The van der Waals surface area contributed by atoms with Gasteiger partial charge in [0, 0.05) is 42.4 Å². The maximum atomic E-state index is 5.32. The van der Waals surface area contributed by atoms with Gasteiger partial charge < -0.3 is 14.4 Å². The lowest BCUT2D eigenvalue weighted by atomic mass is 10.1. The molecule has 1 aliphatic rings. The number of hydrogen-bond donors (Lipinski definition) is 0. The normalized spacial score (nSPS) is 15.1. The monoisotopic (exact) mass is 498 g/mol. The molecule has 0 radical (unpaired) electrons. The van der Waals surface area contributed by atoms with Crippen LogP contribution in [-0.2, 0) is 15.9 Å². The molecule has 3 rings (SSSR count). The highest BCUT2D eigenvalue weighted by Gasteiger charge is 2.18. The quantitative estimate of drug-likeness (QED) is 0.386. The van der Waals surface area contributed by atoms with Gasteiger partial charge in [-0.05, 0) is 63.9 Å². The minimum atomic E-state index is -0.0134. The molecule has 0 bridgehead atoms. The van der Waals surface area contributed by atoms with Crippen molar-refractivity contribution in [3.05, 3.63) is 51.3 Å². The summed E-state index contributed by atoms with van der Waals surface area (Å²) in [5.74, 6) is 0. The van der Waals surface area contributed by atoms with E-state index in [9.17, 15) is 0 Å². The molecule has 0 amide bonds. The molecule has 6 heteroatoms. The Labute approximate surface area is 176 Å². The van der Waals surface area contributed by atoms with E-state index in [1.807, 2.05) is 0 Å². The minimum Gasteiger partial charge on any atom is -0.383 e. The number of benzene rings is 2. The molecule has 0 aromatic heterocycles. The van der Waals surface area contributed by atoms with E-state index in [2.05, 4.69) is 70.3 Å². The highest BCUT2D eigenvalue weighted by Crippen LogP contribution is 2.47. The van der Waals surface area contributed by atoms with Crippen LogP contribution in [0, 0.1) is 11.4 Å². The third kappa shape index (κ3) is 4.39. The van der Waals surface area contributed by atoms with E-state index in [0.717, 1.165) is 24.9 Å². The van der Waals surface area contributed by atoms with Gasteiger partial charge in [-0.3, -0.25) is 0 Å². The predicted octanol–water partition coefficient (Wildman–Crippen LogP) is 4.85. The number of halogens is 1. The van der Waals surface area contributed by atoms with Crippen molar-refractivity contribution in [2.45, 2.75) is 25.2 Å². The molecule has 4 nitrogen and oxygen atoms in total. The Bertz CT molecular complexity index is 938. The molecule has 0 spiro atoms. The smallest absolute Gasteiger partial charge is 0.0809 e. The van der Waals surface area contributed by atoms with Crippen LogP contribution in [-0.4, -0.2) is 40.5 Å². The second-order valence-electron chi connectivity index (χ2n) is 6.57. The van der Waals surface area contributed by atoms with Crippen molar-refractivity contribution >= 4 is 40.2 Å². The maximum absolute atomic E-state index is 5.32. The molecule has 0 aliphatic carbocycles. The Morgan fingerprint density at radius 3 is 2.44 bits per heavy atom. The van der Waals surface area contributed by atoms with E-state index in [0.29, 0.717) is 13.2 Å². The Hall–Kier alpha value is -0.960. The van der Waals surface area contributed by atoms with E-state index >= 15 is 0 Å². The molecule has 1 atom stereocenters. The molecular weight excluding hydrogens is 471 g/mol. The van der Waals surface area contributed by atoms with Gasteiger partial charge in [0.05, 0.1) is 24.3 Å². The molecule has 0 N–H and O–H groups in total. The summed E-state index contributed by atoms with van der Waals surface area (Å²) in [6, 6.07) is 11.1. The second-order valence-corrected chi connectivity index (χ2v) is 10.6. The van der Waals surface area contributed by atoms with Crippen molar-refractivity contribution < 1.29 is 9.47 Å². The van der Waals surface area contributed by atoms with Crippen LogP contribution in [0.2, 0.25) is 0 Å². The van der Waals surface area contributed by atoms with Gasteiger partial charge in [0.25, 0.3) is 0 Å². The largest absolute Gasteiger partial charge is 0.383 e. The zero-order valence-electron chi connectivity index (χ0n) is 16.4. The lowest BCUT2D eigenvalue weighted by molar-refractivity contribution is 0.190. The molecular formula is C21H27IN2O2S. The summed E-state index contributed by atoms with van der Waals surface area (Å²) in [7, 11) is 3.49. The summed E-state index contributed by atoms with van der Waals surface area (Å²) < 4.78 is 12.0. The summed E-state index contributed by atoms with van der Waals surface area (Å²) in [5, 5.41) is 1.15. The summed E-state index contributed by atoms with van der Waals surface area (Å²) in [4.78, 5) is 8.78. The first-order valence-electron chi connectivity index (χ1n) is 9.22. The third-order valence-corrected chi connectivity index (χ3v) is 9.09. The van der Waals surface area contributed by atoms with Crippen molar-refractivity contribution in [3.8, 4) is 0 Å². The number of para-hydroxylation sites is 1. The first-order valence-corrected chi connectivity index (χ1v) is 13.0. The molecule has 0 saturated carbocycles. The van der Waals surface area contributed by atoms with Gasteiger partial charge in [-0.2, -0.15) is 0 Å². The van der Waals surface area contributed by atoms with Gasteiger partial charge >= 0.3 is 0 Å². The van der Waals surface area contributed by atoms with Crippen LogP contribution in [0.5, 0.6) is 0 Å². The minimum absolute atomic E-state index is 0.0134. The summed E-state index contributed by atoms with van der Waals surface area (Å²) in [6.45, 7) is 7.46. The van der Waals surface area contributed by atoms with E-state index in [4.69, 9.17) is 14.5 Å². The molecule has 2 aromatic rings. The molecule has 1 aliphatic heterocycles. The fourth-order valence-electron chi connectivity index (χ4n) is 3.29. The van der Waals surface area contributed by atoms with Crippen LogP contribution in [0.3, 0.4) is 0 Å². The van der Waals surface area contributed by atoms with Crippen LogP contribution < -0.4 is 10.3 Å². The molecule has 0 fully saturated rings. The van der Waals surface area contributed by atoms with E-state index in [1.165, 1.54) is 31.9 Å². The Morgan fingerprint density at radius 2 is 1.81 bits per heavy atom. The number of anilines is 1. The van der Waals surface area contributed by atoms with Crippen molar-refractivity contribution in [1.29, 1.82) is 0 Å². The van der Waals surface area contributed by atoms with Crippen LogP contribution in [0.15, 0.2) is 40.2 Å². The van der Waals surface area contributed by atoms with Crippen molar-refractivity contribution in [3.63, 3.8) is 0 Å². The molecule has 27 heavy (non-hydrogen) atoms. The molecule has 0 saturated heterocycles. The van der Waals surface area contributed by atoms with Crippen LogP contribution >= 0.6 is 28.9 Å². The average Bonchev–Trinajstić information content (AvgIpc) is 2.68. The van der Waals surface area contributed by atoms with E-state index < -0.39 is 0 Å². The lowest BCUT2D eigenvalue weighted by Crippen LogP contribution is -2.30.